The van der Waals surface area contributed by atoms with Crippen molar-refractivity contribution in [2.24, 2.45) is 17.8 Å². The molecular weight excluding hydrogens is 296 g/mol. The summed E-state index contributed by atoms with van der Waals surface area (Å²) in [6.07, 6.45) is 1.13. The number of rotatable bonds is 5. The predicted octanol–water partition coefficient (Wildman–Crippen LogP) is 2.64. The maximum atomic E-state index is 12.2. The molecule has 2 unspecified atom stereocenters. The molecule has 124 valence electrons. The number of anilines is 2. The Hall–Kier alpha value is -2.37. The van der Waals surface area contributed by atoms with Gasteiger partial charge < -0.3 is 15.7 Å². The van der Waals surface area contributed by atoms with Crippen molar-refractivity contribution >= 4 is 29.2 Å². The third-order valence-corrected chi connectivity index (χ3v) is 4.22. The minimum absolute atomic E-state index is 0.101. The number of amides is 2. The SMILES string of the molecule is Cc1ccc(NC(=O)C(C)C)cc1NC(=O)C1CCC1C(=O)O. The van der Waals surface area contributed by atoms with Crippen molar-refractivity contribution in [3.8, 4) is 0 Å². The van der Waals surface area contributed by atoms with Crippen LogP contribution in [0.2, 0.25) is 0 Å². The van der Waals surface area contributed by atoms with Gasteiger partial charge >= 0.3 is 5.97 Å². The number of hydrogen-bond donors (Lipinski definition) is 3. The molecule has 2 rings (SSSR count). The monoisotopic (exact) mass is 318 g/mol. The van der Waals surface area contributed by atoms with Crippen LogP contribution in [0.15, 0.2) is 18.2 Å². The molecule has 0 heterocycles. The van der Waals surface area contributed by atoms with Crippen LogP contribution >= 0.6 is 0 Å². The van der Waals surface area contributed by atoms with E-state index >= 15 is 0 Å². The van der Waals surface area contributed by atoms with Crippen LogP contribution in [0, 0.1) is 24.7 Å². The predicted molar refractivity (Wildman–Crippen MR) is 87.1 cm³/mol. The molecule has 1 aromatic carbocycles. The molecule has 1 aliphatic rings. The van der Waals surface area contributed by atoms with Gasteiger partial charge in [0.1, 0.15) is 0 Å². The van der Waals surface area contributed by atoms with Gasteiger partial charge in [-0.05, 0) is 37.5 Å². The van der Waals surface area contributed by atoms with Gasteiger partial charge in [0.05, 0.1) is 11.8 Å². The van der Waals surface area contributed by atoms with Crippen molar-refractivity contribution in [2.45, 2.75) is 33.6 Å². The van der Waals surface area contributed by atoms with E-state index in [0.717, 1.165) is 5.56 Å². The van der Waals surface area contributed by atoms with Crippen molar-refractivity contribution in [1.82, 2.24) is 0 Å². The summed E-state index contributed by atoms with van der Waals surface area (Å²) in [7, 11) is 0. The summed E-state index contributed by atoms with van der Waals surface area (Å²) < 4.78 is 0. The lowest BCUT2D eigenvalue weighted by Crippen LogP contribution is -2.41. The summed E-state index contributed by atoms with van der Waals surface area (Å²) in [5.41, 5.74) is 2.05. The lowest BCUT2D eigenvalue weighted by Gasteiger charge is -2.32. The Morgan fingerprint density at radius 1 is 1.13 bits per heavy atom. The number of carboxylic acid groups (broad SMARTS) is 1. The van der Waals surface area contributed by atoms with Gasteiger partial charge in [0.2, 0.25) is 11.8 Å². The first-order chi connectivity index (χ1) is 10.8. The zero-order chi connectivity index (χ0) is 17.1. The number of benzene rings is 1. The first kappa shape index (κ1) is 17.0. The van der Waals surface area contributed by atoms with Crippen LogP contribution in [-0.4, -0.2) is 22.9 Å². The molecule has 6 heteroatoms. The number of carboxylic acids is 1. The van der Waals surface area contributed by atoms with Gasteiger partial charge in [0.25, 0.3) is 0 Å². The second kappa shape index (κ2) is 6.81. The van der Waals surface area contributed by atoms with E-state index in [2.05, 4.69) is 10.6 Å². The van der Waals surface area contributed by atoms with E-state index in [1.807, 2.05) is 6.92 Å². The molecule has 2 atom stereocenters. The number of nitrogens with one attached hydrogen (secondary N) is 2. The maximum Gasteiger partial charge on any atom is 0.307 e. The van der Waals surface area contributed by atoms with Gasteiger partial charge in [0.15, 0.2) is 0 Å². The fraction of sp³-hybridized carbons (Fsp3) is 0.471. The topological polar surface area (TPSA) is 95.5 Å². The molecular formula is C17H22N2O4. The molecule has 1 aliphatic carbocycles. The molecule has 6 nitrogen and oxygen atoms in total. The molecule has 0 aromatic heterocycles. The number of hydrogen-bond acceptors (Lipinski definition) is 3. The molecule has 1 aromatic rings. The van der Waals surface area contributed by atoms with Crippen molar-refractivity contribution in [3.05, 3.63) is 23.8 Å². The van der Waals surface area contributed by atoms with Gasteiger partial charge in [-0.1, -0.05) is 19.9 Å². The molecule has 0 spiro atoms. The van der Waals surface area contributed by atoms with E-state index < -0.39 is 17.8 Å². The van der Waals surface area contributed by atoms with Crippen molar-refractivity contribution in [1.29, 1.82) is 0 Å². The van der Waals surface area contributed by atoms with Crippen LogP contribution in [0.3, 0.4) is 0 Å². The molecule has 0 aliphatic heterocycles. The fourth-order valence-electron chi connectivity index (χ4n) is 2.46. The molecule has 23 heavy (non-hydrogen) atoms. The molecule has 0 bridgehead atoms. The van der Waals surface area contributed by atoms with E-state index in [1.165, 1.54) is 0 Å². The molecule has 3 N–H and O–H groups in total. The summed E-state index contributed by atoms with van der Waals surface area (Å²) >= 11 is 0. The Balaban J connectivity index is 2.09. The first-order valence-electron chi connectivity index (χ1n) is 7.74. The van der Waals surface area contributed by atoms with E-state index in [0.29, 0.717) is 24.2 Å². The second-order valence-corrected chi connectivity index (χ2v) is 6.29. The average Bonchev–Trinajstić information content (AvgIpc) is 2.40. The Labute approximate surface area is 135 Å². The molecule has 1 saturated carbocycles. The van der Waals surface area contributed by atoms with Crippen LogP contribution in [0.5, 0.6) is 0 Å². The minimum Gasteiger partial charge on any atom is -0.481 e. The van der Waals surface area contributed by atoms with Crippen LogP contribution in [0.25, 0.3) is 0 Å². The van der Waals surface area contributed by atoms with Gasteiger partial charge in [-0.25, -0.2) is 0 Å². The standard InChI is InChI=1S/C17H22N2O4/c1-9(2)15(20)18-11-5-4-10(3)14(8-11)19-16(21)12-6-7-13(12)17(22)23/h4-5,8-9,12-13H,6-7H2,1-3H3,(H,18,20)(H,19,21)(H,22,23). The van der Waals surface area contributed by atoms with Crippen LogP contribution in [0.1, 0.15) is 32.3 Å². The number of carbonyl (C=O) groups excluding carboxylic acids is 2. The summed E-state index contributed by atoms with van der Waals surface area (Å²) in [5, 5.41) is 14.6. The zero-order valence-corrected chi connectivity index (χ0v) is 13.6. The summed E-state index contributed by atoms with van der Waals surface area (Å²) in [6.45, 7) is 5.45. The Bertz CT molecular complexity index is 639. The minimum atomic E-state index is -0.925. The highest BCUT2D eigenvalue weighted by molar-refractivity contribution is 5.98. The van der Waals surface area contributed by atoms with Crippen molar-refractivity contribution in [2.75, 3.05) is 10.6 Å². The van der Waals surface area contributed by atoms with Crippen molar-refractivity contribution in [3.63, 3.8) is 0 Å². The lowest BCUT2D eigenvalue weighted by atomic mass is 9.73. The smallest absolute Gasteiger partial charge is 0.307 e. The van der Waals surface area contributed by atoms with Gasteiger partial charge in [-0.2, -0.15) is 0 Å². The van der Waals surface area contributed by atoms with E-state index in [-0.39, 0.29) is 17.7 Å². The quantitative estimate of drug-likeness (QED) is 0.777. The fourth-order valence-corrected chi connectivity index (χ4v) is 2.46. The third kappa shape index (κ3) is 3.88. The number of aryl methyl sites for hydroxylation is 1. The highest BCUT2D eigenvalue weighted by Crippen LogP contribution is 2.35. The molecule has 1 fully saturated rings. The zero-order valence-electron chi connectivity index (χ0n) is 13.6. The Kier molecular flexibility index (Phi) is 5.03. The summed E-state index contributed by atoms with van der Waals surface area (Å²) in [6, 6.07) is 5.28. The van der Waals surface area contributed by atoms with E-state index in [1.54, 1.807) is 32.0 Å². The molecule has 0 saturated heterocycles. The highest BCUT2D eigenvalue weighted by Gasteiger charge is 2.41. The highest BCUT2D eigenvalue weighted by atomic mass is 16.4. The summed E-state index contributed by atoms with van der Waals surface area (Å²) in [5.74, 6) is -2.53. The van der Waals surface area contributed by atoms with Crippen LogP contribution in [0.4, 0.5) is 11.4 Å². The Morgan fingerprint density at radius 3 is 2.30 bits per heavy atom. The lowest BCUT2D eigenvalue weighted by molar-refractivity contribution is -0.151. The maximum absolute atomic E-state index is 12.2. The van der Waals surface area contributed by atoms with Gasteiger partial charge in [-0.3, -0.25) is 14.4 Å². The average molecular weight is 318 g/mol. The largest absolute Gasteiger partial charge is 0.481 e. The van der Waals surface area contributed by atoms with Crippen molar-refractivity contribution < 1.29 is 19.5 Å². The van der Waals surface area contributed by atoms with E-state index in [4.69, 9.17) is 5.11 Å². The van der Waals surface area contributed by atoms with Gasteiger partial charge in [0, 0.05) is 17.3 Å². The molecule has 2 amide bonds. The third-order valence-electron chi connectivity index (χ3n) is 4.22. The van der Waals surface area contributed by atoms with E-state index in [9.17, 15) is 14.4 Å². The van der Waals surface area contributed by atoms with Gasteiger partial charge in [-0.15, -0.1) is 0 Å². The second-order valence-electron chi connectivity index (χ2n) is 6.29. The number of carbonyl (C=O) groups is 3. The summed E-state index contributed by atoms with van der Waals surface area (Å²) in [4.78, 5) is 35.0. The van der Waals surface area contributed by atoms with Crippen LogP contribution < -0.4 is 10.6 Å². The normalized spacial score (nSPS) is 19.8. The Morgan fingerprint density at radius 2 is 1.78 bits per heavy atom. The molecule has 0 radical (unpaired) electrons. The van der Waals surface area contributed by atoms with Crippen LogP contribution in [-0.2, 0) is 14.4 Å². The number of aliphatic carboxylic acids is 1. The first-order valence-corrected chi connectivity index (χ1v) is 7.74.